The monoisotopic (exact) mass is 232 g/mol. The predicted molar refractivity (Wildman–Crippen MR) is 47.5 cm³/mol. The highest BCUT2D eigenvalue weighted by atomic mass is 32.2. The van der Waals surface area contributed by atoms with Crippen LogP contribution in [0.3, 0.4) is 0 Å². The normalized spacial score (nSPS) is 16.8. The Hall–Kier alpha value is 0.0600. The van der Waals surface area contributed by atoms with Gasteiger partial charge in [0, 0.05) is 13.8 Å². The Kier molecular flexibility index (Phi) is 5.09. The second kappa shape index (κ2) is 5.07. The maximum atomic E-state index is 11.1. The van der Waals surface area contributed by atoms with Gasteiger partial charge >= 0.3 is 7.60 Å². The SMILES string of the molecule is COP(C)(=O)OCCCS(=O)(=O)O. The number of rotatable bonds is 6. The summed E-state index contributed by atoms with van der Waals surface area (Å²) >= 11 is 0. The van der Waals surface area contributed by atoms with Gasteiger partial charge in [-0.25, -0.2) is 0 Å². The molecule has 0 aromatic rings. The summed E-state index contributed by atoms with van der Waals surface area (Å²) < 4.78 is 49.0. The fourth-order valence-corrected chi connectivity index (χ4v) is 1.57. The van der Waals surface area contributed by atoms with Gasteiger partial charge < -0.3 is 9.05 Å². The zero-order valence-electron chi connectivity index (χ0n) is 7.47. The first-order chi connectivity index (χ1) is 5.77. The van der Waals surface area contributed by atoms with Crippen molar-refractivity contribution in [1.29, 1.82) is 0 Å². The van der Waals surface area contributed by atoms with E-state index in [1.54, 1.807) is 0 Å². The Morgan fingerprint density at radius 3 is 2.38 bits per heavy atom. The fraction of sp³-hybridized carbons (Fsp3) is 1.00. The summed E-state index contributed by atoms with van der Waals surface area (Å²) in [4.78, 5) is 0. The second-order valence-corrected chi connectivity index (χ2v) is 6.16. The van der Waals surface area contributed by atoms with Crippen LogP contribution in [0.1, 0.15) is 6.42 Å². The summed E-state index contributed by atoms with van der Waals surface area (Å²) in [7, 11) is -5.75. The third-order valence-electron chi connectivity index (χ3n) is 1.20. The van der Waals surface area contributed by atoms with Crippen molar-refractivity contribution in [3.63, 3.8) is 0 Å². The molecule has 1 atom stereocenters. The first kappa shape index (κ1) is 13.1. The minimum absolute atomic E-state index is 0.0264. The van der Waals surface area contributed by atoms with Gasteiger partial charge in [-0.2, -0.15) is 8.42 Å². The molecule has 0 aromatic carbocycles. The Labute approximate surface area is 77.5 Å². The molecule has 0 spiro atoms. The molecular weight excluding hydrogens is 219 g/mol. The van der Waals surface area contributed by atoms with E-state index in [0.717, 1.165) is 0 Å². The summed E-state index contributed by atoms with van der Waals surface area (Å²) in [5.74, 6) is -0.406. The maximum absolute atomic E-state index is 11.1. The Bertz CT molecular complexity index is 283. The number of hydrogen-bond acceptors (Lipinski definition) is 5. The maximum Gasteiger partial charge on any atom is 0.327 e. The molecule has 0 aliphatic rings. The molecule has 0 aliphatic heterocycles. The van der Waals surface area contributed by atoms with Crippen LogP contribution in [-0.2, 0) is 23.7 Å². The van der Waals surface area contributed by atoms with Gasteiger partial charge in [-0.1, -0.05) is 0 Å². The summed E-state index contributed by atoms with van der Waals surface area (Å²) in [5.41, 5.74) is 0. The molecule has 1 unspecified atom stereocenters. The largest absolute Gasteiger partial charge is 0.327 e. The van der Waals surface area contributed by atoms with E-state index in [2.05, 4.69) is 4.52 Å². The van der Waals surface area contributed by atoms with Gasteiger partial charge in [0.2, 0.25) is 0 Å². The van der Waals surface area contributed by atoms with Gasteiger partial charge in [0.15, 0.2) is 0 Å². The van der Waals surface area contributed by atoms with Crippen LogP contribution < -0.4 is 0 Å². The van der Waals surface area contributed by atoms with Crippen LogP contribution in [0.4, 0.5) is 0 Å². The third kappa shape index (κ3) is 8.39. The molecule has 6 nitrogen and oxygen atoms in total. The van der Waals surface area contributed by atoms with E-state index in [0.29, 0.717) is 0 Å². The van der Waals surface area contributed by atoms with Crippen molar-refractivity contribution in [3.05, 3.63) is 0 Å². The van der Waals surface area contributed by atoms with E-state index in [1.807, 2.05) is 0 Å². The van der Waals surface area contributed by atoms with Crippen molar-refractivity contribution in [2.75, 3.05) is 26.1 Å². The van der Waals surface area contributed by atoms with E-state index in [-0.39, 0.29) is 13.0 Å². The Morgan fingerprint density at radius 2 is 2.00 bits per heavy atom. The molecule has 13 heavy (non-hydrogen) atoms. The molecule has 0 saturated carbocycles. The summed E-state index contributed by atoms with van der Waals surface area (Å²) in [6.45, 7) is 1.25. The van der Waals surface area contributed by atoms with E-state index < -0.39 is 23.5 Å². The lowest BCUT2D eigenvalue weighted by atomic mass is 10.5. The summed E-state index contributed by atoms with van der Waals surface area (Å²) in [6.07, 6.45) is 0.0834. The molecule has 0 rings (SSSR count). The van der Waals surface area contributed by atoms with Crippen LogP contribution in [0.5, 0.6) is 0 Å². The third-order valence-corrected chi connectivity index (χ3v) is 3.32. The average Bonchev–Trinajstić information content (AvgIpc) is 1.97. The highest BCUT2D eigenvalue weighted by Crippen LogP contribution is 2.42. The molecule has 0 bridgehead atoms. The molecule has 0 aliphatic carbocycles. The quantitative estimate of drug-likeness (QED) is 0.413. The van der Waals surface area contributed by atoms with Crippen LogP contribution in [0, 0.1) is 0 Å². The smallest absolute Gasteiger partial charge is 0.312 e. The van der Waals surface area contributed by atoms with E-state index in [4.69, 9.17) is 9.08 Å². The molecule has 1 N–H and O–H groups in total. The standard InChI is InChI=1S/C5H13O6PS/c1-10-12(2,6)11-4-3-5-13(7,8)9/h3-5H2,1-2H3,(H,7,8,9). The van der Waals surface area contributed by atoms with Crippen LogP contribution in [0.15, 0.2) is 0 Å². The van der Waals surface area contributed by atoms with Crippen molar-refractivity contribution in [2.24, 2.45) is 0 Å². The molecule has 0 aromatic heterocycles. The highest BCUT2D eigenvalue weighted by Gasteiger charge is 2.14. The van der Waals surface area contributed by atoms with E-state index >= 15 is 0 Å². The summed E-state index contributed by atoms with van der Waals surface area (Å²) in [6, 6.07) is 0. The van der Waals surface area contributed by atoms with Crippen LogP contribution in [0.25, 0.3) is 0 Å². The van der Waals surface area contributed by atoms with Gasteiger partial charge in [0.05, 0.1) is 12.4 Å². The van der Waals surface area contributed by atoms with Gasteiger partial charge in [0.1, 0.15) is 0 Å². The van der Waals surface area contributed by atoms with E-state index in [9.17, 15) is 13.0 Å². The van der Waals surface area contributed by atoms with Crippen LogP contribution >= 0.6 is 7.60 Å². The minimum Gasteiger partial charge on any atom is -0.312 e. The minimum atomic E-state index is -3.96. The molecule has 0 radical (unpaired) electrons. The molecular formula is C5H13O6PS. The van der Waals surface area contributed by atoms with Crippen molar-refractivity contribution in [1.82, 2.24) is 0 Å². The lowest BCUT2D eigenvalue weighted by Crippen LogP contribution is -2.06. The molecule has 0 fully saturated rings. The van der Waals surface area contributed by atoms with Crippen molar-refractivity contribution in [2.45, 2.75) is 6.42 Å². The van der Waals surface area contributed by atoms with Crippen LogP contribution in [0.2, 0.25) is 0 Å². The van der Waals surface area contributed by atoms with Gasteiger partial charge in [-0.3, -0.25) is 9.12 Å². The fourth-order valence-electron chi connectivity index (χ4n) is 0.524. The van der Waals surface area contributed by atoms with Crippen molar-refractivity contribution < 1.29 is 26.6 Å². The molecule has 0 heterocycles. The lowest BCUT2D eigenvalue weighted by molar-refractivity contribution is 0.238. The summed E-state index contributed by atoms with van der Waals surface area (Å²) in [5, 5.41) is 0. The van der Waals surface area contributed by atoms with Gasteiger partial charge in [-0.05, 0) is 6.42 Å². The first-order valence-corrected chi connectivity index (χ1v) is 7.10. The average molecular weight is 232 g/mol. The Balaban J connectivity index is 3.65. The molecule has 80 valence electrons. The molecule has 8 heteroatoms. The molecule has 0 amide bonds. The van der Waals surface area contributed by atoms with Gasteiger partial charge in [0.25, 0.3) is 10.1 Å². The van der Waals surface area contributed by atoms with E-state index in [1.165, 1.54) is 13.8 Å². The number of hydrogen-bond donors (Lipinski definition) is 1. The highest BCUT2D eigenvalue weighted by molar-refractivity contribution is 7.85. The van der Waals surface area contributed by atoms with Crippen LogP contribution in [-0.4, -0.2) is 39.1 Å². The molecule has 0 saturated heterocycles. The lowest BCUT2D eigenvalue weighted by Gasteiger charge is -2.09. The topological polar surface area (TPSA) is 89.9 Å². The Morgan fingerprint density at radius 1 is 1.46 bits per heavy atom. The van der Waals surface area contributed by atoms with Gasteiger partial charge in [-0.15, -0.1) is 0 Å². The van der Waals surface area contributed by atoms with Crippen molar-refractivity contribution >= 4 is 17.7 Å². The van der Waals surface area contributed by atoms with Crippen molar-refractivity contribution in [3.8, 4) is 0 Å². The zero-order valence-corrected chi connectivity index (χ0v) is 9.18. The zero-order chi connectivity index (χ0) is 10.5. The first-order valence-electron chi connectivity index (χ1n) is 3.50. The predicted octanol–water partition coefficient (Wildman–Crippen LogP) is 0.750. The second-order valence-electron chi connectivity index (χ2n) is 2.43.